The molecule has 6 nitrogen and oxygen atoms in total. The van der Waals surface area contributed by atoms with E-state index in [1.807, 2.05) is 13.0 Å². The maximum Gasteiger partial charge on any atom is 0.191 e. The monoisotopic (exact) mass is 394 g/mol. The van der Waals surface area contributed by atoms with E-state index in [1.165, 1.54) is 5.56 Å². The summed E-state index contributed by atoms with van der Waals surface area (Å²) in [5.41, 5.74) is 1.27. The van der Waals surface area contributed by atoms with Gasteiger partial charge in [-0.05, 0) is 37.9 Å². The SMILES string of the molecule is CCNC(=NCC(c1ccccc1)N(CC)CC)NCC1CCS(=O)(=O)C1. The zero-order chi connectivity index (χ0) is 19.7. The molecule has 0 spiro atoms. The summed E-state index contributed by atoms with van der Waals surface area (Å²) in [7, 11) is -2.84. The lowest BCUT2D eigenvalue weighted by molar-refractivity contribution is 0.224. The van der Waals surface area contributed by atoms with E-state index in [1.54, 1.807) is 0 Å². The van der Waals surface area contributed by atoms with E-state index >= 15 is 0 Å². The number of hydrogen-bond donors (Lipinski definition) is 2. The summed E-state index contributed by atoms with van der Waals surface area (Å²) < 4.78 is 23.3. The molecule has 1 aromatic rings. The molecular weight excluding hydrogens is 360 g/mol. The van der Waals surface area contributed by atoms with Gasteiger partial charge >= 0.3 is 0 Å². The molecule has 1 aliphatic rings. The van der Waals surface area contributed by atoms with Gasteiger partial charge in [0.2, 0.25) is 0 Å². The fraction of sp³-hybridized carbons (Fsp3) is 0.650. The second-order valence-electron chi connectivity index (χ2n) is 7.02. The van der Waals surface area contributed by atoms with Crippen molar-refractivity contribution in [1.29, 1.82) is 0 Å². The topological polar surface area (TPSA) is 73.8 Å². The average molecular weight is 395 g/mol. The van der Waals surface area contributed by atoms with Crippen molar-refractivity contribution >= 4 is 15.8 Å². The van der Waals surface area contributed by atoms with Gasteiger partial charge in [-0.15, -0.1) is 0 Å². The molecule has 1 fully saturated rings. The summed E-state index contributed by atoms with van der Waals surface area (Å²) in [6.07, 6.45) is 0.737. The van der Waals surface area contributed by atoms with E-state index < -0.39 is 9.84 Å². The van der Waals surface area contributed by atoms with Gasteiger partial charge in [0, 0.05) is 13.1 Å². The van der Waals surface area contributed by atoms with Gasteiger partial charge in [0.15, 0.2) is 15.8 Å². The van der Waals surface area contributed by atoms with Gasteiger partial charge in [-0.25, -0.2) is 8.42 Å². The molecular formula is C20H34N4O2S. The van der Waals surface area contributed by atoms with Gasteiger partial charge < -0.3 is 10.6 Å². The summed E-state index contributed by atoms with van der Waals surface area (Å²) in [6.45, 7) is 10.4. The van der Waals surface area contributed by atoms with Crippen LogP contribution in [0.2, 0.25) is 0 Å². The highest BCUT2D eigenvalue weighted by Gasteiger charge is 2.27. The largest absolute Gasteiger partial charge is 0.357 e. The van der Waals surface area contributed by atoms with Crippen LogP contribution < -0.4 is 10.6 Å². The molecule has 7 heteroatoms. The van der Waals surface area contributed by atoms with E-state index in [9.17, 15) is 8.42 Å². The lowest BCUT2D eigenvalue weighted by atomic mass is 10.1. The predicted octanol–water partition coefficient (Wildman–Crippen LogP) is 2.06. The van der Waals surface area contributed by atoms with Crippen LogP contribution in [0.15, 0.2) is 35.3 Å². The number of guanidine groups is 1. The number of aliphatic imine (C=N–C) groups is 1. The van der Waals surface area contributed by atoms with Crippen molar-refractivity contribution < 1.29 is 8.42 Å². The minimum absolute atomic E-state index is 0.173. The highest BCUT2D eigenvalue weighted by atomic mass is 32.2. The van der Waals surface area contributed by atoms with E-state index in [0.717, 1.165) is 32.0 Å². The first-order valence-corrected chi connectivity index (χ1v) is 11.8. The summed E-state index contributed by atoms with van der Waals surface area (Å²) in [5.74, 6) is 1.53. The maximum atomic E-state index is 11.6. The lowest BCUT2D eigenvalue weighted by Crippen LogP contribution is -2.41. The Bertz CT molecular complexity index is 687. The summed E-state index contributed by atoms with van der Waals surface area (Å²) in [5, 5.41) is 6.62. The highest BCUT2D eigenvalue weighted by molar-refractivity contribution is 7.91. The van der Waals surface area contributed by atoms with Crippen molar-refractivity contribution in [2.75, 3.05) is 44.2 Å². The zero-order valence-corrected chi connectivity index (χ0v) is 17.6. The third kappa shape index (κ3) is 6.81. The quantitative estimate of drug-likeness (QED) is 0.495. The van der Waals surface area contributed by atoms with E-state index in [-0.39, 0.29) is 17.7 Å². The fourth-order valence-corrected chi connectivity index (χ4v) is 5.43. The Morgan fingerprint density at radius 3 is 2.44 bits per heavy atom. The van der Waals surface area contributed by atoms with Crippen LogP contribution in [0.1, 0.15) is 38.8 Å². The number of benzene rings is 1. The van der Waals surface area contributed by atoms with Crippen molar-refractivity contribution in [2.45, 2.75) is 33.2 Å². The molecule has 0 amide bonds. The first-order valence-electron chi connectivity index (χ1n) is 10.0. The van der Waals surface area contributed by atoms with Crippen molar-refractivity contribution in [2.24, 2.45) is 10.9 Å². The Labute approximate surface area is 164 Å². The van der Waals surface area contributed by atoms with E-state index in [2.05, 4.69) is 53.6 Å². The Morgan fingerprint density at radius 2 is 1.89 bits per heavy atom. The smallest absolute Gasteiger partial charge is 0.191 e. The molecule has 1 aromatic carbocycles. The van der Waals surface area contributed by atoms with Gasteiger partial charge in [0.1, 0.15) is 0 Å². The summed E-state index contributed by atoms with van der Waals surface area (Å²) >= 11 is 0. The van der Waals surface area contributed by atoms with Gasteiger partial charge in [-0.1, -0.05) is 44.2 Å². The molecule has 2 rings (SSSR count). The molecule has 0 aromatic heterocycles. The molecule has 0 radical (unpaired) electrons. The van der Waals surface area contributed by atoms with Crippen LogP contribution in [0.3, 0.4) is 0 Å². The molecule has 2 atom stereocenters. The van der Waals surface area contributed by atoms with Crippen LogP contribution in [0.25, 0.3) is 0 Å². The molecule has 1 heterocycles. The molecule has 27 heavy (non-hydrogen) atoms. The first kappa shape index (κ1) is 21.7. The van der Waals surface area contributed by atoms with E-state index in [0.29, 0.717) is 18.8 Å². The second kappa shape index (κ2) is 10.7. The number of hydrogen-bond acceptors (Lipinski definition) is 4. The molecule has 1 saturated heterocycles. The Hall–Kier alpha value is -1.60. The number of nitrogens with one attached hydrogen (secondary N) is 2. The third-order valence-corrected chi connectivity index (χ3v) is 6.93. The lowest BCUT2D eigenvalue weighted by Gasteiger charge is -2.29. The van der Waals surface area contributed by atoms with Gasteiger partial charge in [-0.3, -0.25) is 9.89 Å². The molecule has 2 N–H and O–H groups in total. The minimum Gasteiger partial charge on any atom is -0.357 e. The van der Waals surface area contributed by atoms with E-state index in [4.69, 9.17) is 4.99 Å². The van der Waals surface area contributed by atoms with Crippen LogP contribution >= 0.6 is 0 Å². The second-order valence-corrected chi connectivity index (χ2v) is 9.25. The molecule has 2 unspecified atom stereocenters. The van der Waals surface area contributed by atoms with Crippen LogP contribution in [-0.4, -0.2) is 63.5 Å². The molecule has 0 saturated carbocycles. The van der Waals surface area contributed by atoms with Crippen molar-refractivity contribution in [3.05, 3.63) is 35.9 Å². The fourth-order valence-electron chi connectivity index (χ4n) is 3.56. The Morgan fingerprint density at radius 1 is 1.19 bits per heavy atom. The van der Waals surface area contributed by atoms with Crippen LogP contribution in [0.5, 0.6) is 0 Å². The Kier molecular flexibility index (Phi) is 8.57. The zero-order valence-electron chi connectivity index (χ0n) is 16.8. The number of sulfone groups is 1. The number of likely N-dealkylation sites (N-methyl/N-ethyl adjacent to an activating group) is 1. The molecule has 1 aliphatic heterocycles. The van der Waals surface area contributed by atoms with Gasteiger partial charge in [0.25, 0.3) is 0 Å². The molecule has 0 bridgehead atoms. The highest BCUT2D eigenvalue weighted by Crippen LogP contribution is 2.21. The number of nitrogens with zero attached hydrogens (tertiary/aromatic N) is 2. The number of rotatable bonds is 9. The van der Waals surface area contributed by atoms with Crippen LogP contribution in [-0.2, 0) is 9.84 Å². The van der Waals surface area contributed by atoms with Crippen molar-refractivity contribution in [3.8, 4) is 0 Å². The van der Waals surface area contributed by atoms with Gasteiger partial charge in [0.05, 0.1) is 24.1 Å². The summed E-state index contributed by atoms with van der Waals surface area (Å²) in [4.78, 5) is 7.22. The molecule has 152 valence electrons. The van der Waals surface area contributed by atoms with Crippen LogP contribution in [0, 0.1) is 5.92 Å². The van der Waals surface area contributed by atoms with Crippen molar-refractivity contribution in [1.82, 2.24) is 15.5 Å². The predicted molar refractivity (Wildman–Crippen MR) is 113 cm³/mol. The summed E-state index contributed by atoms with van der Waals surface area (Å²) in [6, 6.07) is 10.7. The maximum absolute atomic E-state index is 11.6. The van der Waals surface area contributed by atoms with Gasteiger partial charge in [-0.2, -0.15) is 0 Å². The third-order valence-electron chi connectivity index (χ3n) is 5.09. The minimum atomic E-state index is -2.84. The Balaban J connectivity index is 2.05. The average Bonchev–Trinajstić information content (AvgIpc) is 3.02. The standard InChI is InChI=1S/C20H34N4O2S/c1-4-21-20(22-14-17-12-13-27(25,26)16-17)23-15-19(24(5-2)6-3)18-10-8-7-9-11-18/h7-11,17,19H,4-6,12-16H2,1-3H3,(H2,21,22,23). The van der Waals surface area contributed by atoms with Crippen molar-refractivity contribution in [3.63, 3.8) is 0 Å². The normalized spacial score (nSPS) is 20.6. The molecule has 0 aliphatic carbocycles. The van der Waals surface area contributed by atoms with Crippen LogP contribution in [0.4, 0.5) is 0 Å². The first-order chi connectivity index (χ1) is 13.0.